The fourth-order valence-electron chi connectivity index (χ4n) is 2.68. The monoisotopic (exact) mass is 309 g/mol. The van der Waals surface area contributed by atoms with Gasteiger partial charge in [-0.25, -0.2) is 0 Å². The Kier molecular flexibility index (Phi) is 5.33. The summed E-state index contributed by atoms with van der Waals surface area (Å²) in [6.45, 7) is 4.41. The van der Waals surface area contributed by atoms with E-state index in [1.165, 1.54) is 16.3 Å². The van der Waals surface area contributed by atoms with Gasteiger partial charge < -0.3 is 14.5 Å². The molecular weight excluding hydrogens is 286 g/mol. The fourth-order valence-corrected chi connectivity index (χ4v) is 2.68. The highest BCUT2D eigenvalue weighted by atomic mass is 16.5. The quantitative estimate of drug-likeness (QED) is 0.601. The summed E-state index contributed by atoms with van der Waals surface area (Å²) in [6.07, 6.45) is 3.92. The van der Waals surface area contributed by atoms with E-state index in [2.05, 4.69) is 48.6 Å². The Morgan fingerprint density at radius 3 is 2.74 bits per heavy atom. The van der Waals surface area contributed by atoms with Gasteiger partial charge in [0.05, 0.1) is 19.4 Å². The van der Waals surface area contributed by atoms with Crippen molar-refractivity contribution in [2.24, 2.45) is 0 Å². The summed E-state index contributed by atoms with van der Waals surface area (Å²) in [5.74, 6) is 1.92. The fraction of sp³-hybridized carbons (Fsp3) is 0.300. The van der Waals surface area contributed by atoms with Gasteiger partial charge in [0.25, 0.3) is 0 Å². The molecule has 120 valence electrons. The number of furan rings is 1. The van der Waals surface area contributed by atoms with E-state index >= 15 is 0 Å². The van der Waals surface area contributed by atoms with Crippen molar-refractivity contribution in [3.63, 3.8) is 0 Å². The minimum absolute atomic E-state index is 0.713. The third kappa shape index (κ3) is 3.93. The first-order chi connectivity index (χ1) is 11.4. The minimum Gasteiger partial charge on any atom is -0.493 e. The Hall–Kier alpha value is -2.26. The molecular formula is C20H23NO2. The number of benzene rings is 2. The van der Waals surface area contributed by atoms with Crippen molar-refractivity contribution in [2.75, 3.05) is 6.61 Å². The zero-order valence-electron chi connectivity index (χ0n) is 13.5. The maximum atomic E-state index is 6.01. The Bertz CT molecular complexity index is 734. The summed E-state index contributed by atoms with van der Waals surface area (Å²) >= 11 is 0. The first kappa shape index (κ1) is 15.6. The average Bonchev–Trinajstić information content (AvgIpc) is 3.10. The number of fused-ring (bicyclic) bond motifs is 1. The molecule has 0 fully saturated rings. The highest BCUT2D eigenvalue weighted by Crippen LogP contribution is 2.28. The molecule has 0 bridgehead atoms. The minimum atomic E-state index is 0.713. The van der Waals surface area contributed by atoms with E-state index in [0.29, 0.717) is 6.54 Å². The summed E-state index contributed by atoms with van der Waals surface area (Å²) < 4.78 is 11.4. The van der Waals surface area contributed by atoms with Crippen molar-refractivity contribution >= 4 is 10.8 Å². The molecule has 0 aliphatic rings. The van der Waals surface area contributed by atoms with Crippen LogP contribution in [0.4, 0.5) is 0 Å². The standard InChI is InChI=1S/C20H23NO2/c1-2-3-12-23-20-11-10-16-7-4-5-9-18(16)19(20)15-21-14-17-8-6-13-22-17/h4-11,13,21H,2-3,12,14-15H2,1H3. The molecule has 0 spiro atoms. The van der Waals surface area contributed by atoms with E-state index in [4.69, 9.17) is 9.15 Å². The molecule has 0 aliphatic heterocycles. The van der Waals surface area contributed by atoms with Gasteiger partial charge in [-0.3, -0.25) is 0 Å². The van der Waals surface area contributed by atoms with Crippen LogP contribution < -0.4 is 10.1 Å². The number of ether oxygens (including phenoxy) is 1. The van der Waals surface area contributed by atoms with Crippen molar-refractivity contribution in [3.05, 3.63) is 66.1 Å². The van der Waals surface area contributed by atoms with Gasteiger partial charge in [-0.1, -0.05) is 43.7 Å². The lowest BCUT2D eigenvalue weighted by atomic mass is 10.0. The zero-order valence-corrected chi connectivity index (χ0v) is 13.5. The largest absolute Gasteiger partial charge is 0.493 e. The zero-order chi connectivity index (χ0) is 15.9. The molecule has 0 saturated heterocycles. The molecule has 0 radical (unpaired) electrons. The van der Waals surface area contributed by atoms with Gasteiger partial charge in [-0.05, 0) is 35.4 Å². The second kappa shape index (κ2) is 7.84. The molecule has 2 aromatic carbocycles. The smallest absolute Gasteiger partial charge is 0.124 e. The molecule has 1 aromatic heterocycles. The molecule has 1 heterocycles. The first-order valence-electron chi connectivity index (χ1n) is 8.25. The maximum absolute atomic E-state index is 6.01. The number of rotatable bonds is 8. The number of nitrogens with one attached hydrogen (secondary N) is 1. The van der Waals surface area contributed by atoms with E-state index in [-0.39, 0.29) is 0 Å². The average molecular weight is 309 g/mol. The summed E-state index contributed by atoms with van der Waals surface area (Å²) in [5.41, 5.74) is 1.21. The molecule has 0 aliphatic carbocycles. The van der Waals surface area contributed by atoms with Gasteiger partial charge in [0.2, 0.25) is 0 Å². The van der Waals surface area contributed by atoms with E-state index in [1.54, 1.807) is 6.26 Å². The second-order valence-corrected chi connectivity index (χ2v) is 5.65. The molecule has 0 saturated carbocycles. The van der Waals surface area contributed by atoms with Crippen molar-refractivity contribution in [1.29, 1.82) is 0 Å². The van der Waals surface area contributed by atoms with Crippen molar-refractivity contribution < 1.29 is 9.15 Å². The number of unbranched alkanes of at least 4 members (excludes halogenated alkanes) is 1. The van der Waals surface area contributed by atoms with E-state index in [0.717, 1.165) is 37.5 Å². The SMILES string of the molecule is CCCCOc1ccc2ccccc2c1CNCc1ccco1. The molecule has 23 heavy (non-hydrogen) atoms. The van der Waals surface area contributed by atoms with E-state index in [1.807, 2.05) is 12.1 Å². The number of hydrogen-bond acceptors (Lipinski definition) is 3. The van der Waals surface area contributed by atoms with Gasteiger partial charge in [0, 0.05) is 12.1 Å². The Morgan fingerprint density at radius 1 is 1.00 bits per heavy atom. The van der Waals surface area contributed by atoms with Crippen LogP contribution in [-0.2, 0) is 13.1 Å². The molecule has 3 rings (SSSR count). The van der Waals surface area contributed by atoms with Gasteiger partial charge in [0.1, 0.15) is 11.5 Å². The Labute approximate surface area is 137 Å². The van der Waals surface area contributed by atoms with Crippen LogP contribution in [0.2, 0.25) is 0 Å². The van der Waals surface area contributed by atoms with Crippen molar-refractivity contribution in [3.8, 4) is 5.75 Å². The van der Waals surface area contributed by atoms with Crippen LogP contribution in [-0.4, -0.2) is 6.61 Å². The van der Waals surface area contributed by atoms with Crippen LogP contribution in [0.3, 0.4) is 0 Å². The molecule has 1 N–H and O–H groups in total. The van der Waals surface area contributed by atoms with Gasteiger partial charge in [0.15, 0.2) is 0 Å². The van der Waals surface area contributed by atoms with Gasteiger partial charge >= 0.3 is 0 Å². The molecule has 0 amide bonds. The van der Waals surface area contributed by atoms with Crippen molar-refractivity contribution in [2.45, 2.75) is 32.9 Å². The van der Waals surface area contributed by atoms with E-state index < -0.39 is 0 Å². The molecule has 3 aromatic rings. The van der Waals surface area contributed by atoms with Crippen LogP contribution in [0.15, 0.2) is 59.2 Å². The van der Waals surface area contributed by atoms with Crippen LogP contribution in [0.25, 0.3) is 10.8 Å². The number of hydrogen-bond donors (Lipinski definition) is 1. The third-order valence-corrected chi connectivity index (χ3v) is 3.93. The van der Waals surface area contributed by atoms with Gasteiger partial charge in [-0.15, -0.1) is 0 Å². The van der Waals surface area contributed by atoms with Crippen LogP contribution in [0, 0.1) is 0 Å². The summed E-state index contributed by atoms with van der Waals surface area (Å²) in [5, 5.41) is 5.94. The molecule has 0 atom stereocenters. The first-order valence-corrected chi connectivity index (χ1v) is 8.25. The lowest BCUT2D eigenvalue weighted by Gasteiger charge is -2.15. The summed E-state index contributed by atoms with van der Waals surface area (Å²) in [6, 6.07) is 16.6. The highest BCUT2D eigenvalue weighted by Gasteiger charge is 2.09. The topological polar surface area (TPSA) is 34.4 Å². The lowest BCUT2D eigenvalue weighted by Crippen LogP contribution is -2.14. The van der Waals surface area contributed by atoms with Crippen LogP contribution in [0.5, 0.6) is 5.75 Å². The Balaban J connectivity index is 1.79. The van der Waals surface area contributed by atoms with Crippen molar-refractivity contribution in [1.82, 2.24) is 5.32 Å². The predicted molar refractivity (Wildman–Crippen MR) is 93.6 cm³/mol. The third-order valence-electron chi connectivity index (χ3n) is 3.93. The van der Waals surface area contributed by atoms with Crippen LogP contribution in [0.1, 0.15) is 31.1 Å². The Morgan fingerprint density at radius 2 is 1.91 bits per heavy atom. The van der Waals surface area contributed by atoms with Gasteiger partial charge in [-0.2, -0.15) is 0 Å². The molecule has 3 heteroatoms. The highest BCUT2D eigenvalue weighted by molar-refractivity contribution is 5.87. The summed E-state index contributed by atoms with van der Waals surface area (Å²) in [7, 11) is 0. The normalized spacial score (nSPS) is 11.0. The van der Waals surface area contributed by atoms with E-state index in [9.17, 15) is 0 Å². The molecule has 0 unspecified atom stereocenters. The molecule has 3 nitrogen and oxygen atoms in total. The maximum Gasteiger partial charge on any atom is 0.124 e. The van der Waals surface area contributed by atoms with Crippen LogP contribution >= 0.6 is 0 Å². The second-order valence-electron chi connectivity index (χ2n) is 5.65. The lowest BCUT2D eigenvalue weighted by molar-refractivity contribution is 0.306. The summed E-state index contributed by atoms with van der Waals surface area (Å²) in [4.78, 5) is 0. The predicted octanol–water partition coefficient (Wildman–Crippen LogP) is 4.90.